The first-order valence-corrected chi connectivity index (χ1v) is 21.6. The van der Waals surface area contributed by atoms with Crippen LogP contribution in [0.2, 0.25) is 0 Å². The predicted octanol–water partition coefficient (Wildman–Crippen LogP) is 14.0. The first kappa shape index (κ1) is 60.5. The lowest BCUT2D eigenvalue weighted by Crippen LogP contribution is -2.75. The molecular weight excluding hydrogens is 1130 g/mol. The topological polar surface area (TPSA) is 56.3 Å². The van der Waals surface area contributed by atoms with Crippen molar-refractivity contribution in [1.29, 1.82) is 0 Å². The van der Waals surface area contributed by atoms with E-state index < -0.39 is 206 Å². The molecule has 6 aromatic carbocycles. The van der Waals surface area contributed by atoms with Crippen LogP contribution >= 0.6 is 0 Å². The zero-order chi connectivity index (χ0) is 59.3. The van der Waals surface area contributed by atoms with Crippen molar-refractivity contribution < 1.29 is 120 Å². The molecule has 0 aliphatic carbocycles. The Labute approximate surface area is 426 Å². The van der Waals surface area contributed by atoms with E-state index in [-0.39, 0.29) is 0 Å². The highest BCUT2D eigenvalue weighted by atomic mass is 19.4. The highest BCUT2D eigenvalue weighted by Crippen LogP contribution is 2.41. The van der Waals surface area contributed by atoms with Gasteiger partial charge in [-0.2, -0.15) is 132 Å². The van der Waals surface area contributed by atoms with Crippen molar-refractivity contribution >= 4 is 38.9 Å². The lowest BCUT2D eigenvalue weighted by molar-refractivity contribution is -0.674. The van der Waals surface area contributed by atoms with Gasteiger partial charge in [0, 0.05) is 17.0 Å². The molecule has 0 bridgehead atoms. The number of halogens is 24. The van der Waals surface area contributed by atoms with Crippen LogP contribution in [0.3, 0.4) is 0 Å². The third-order valence-corrected chi connectivity index (χ3v) is 11.8. The number of para-hydroxylation sites is 1. The summed E-state index contributed by atoms with van der Waals surface area (Å²) in [6.45, 7) is 0.0440. The summed E-state index contributed by atoms with van der Waals surface area (Å²) in [5.41, 5.74) is -28.1. The number of nitrogens with zero attached hydrogens (tertiary/aromatic N) is 2. The molecule has 0 fully saturated rings. The second kappa shape index (κ2) is 21.2. The predicted molar refractivity (Wildman–Crippen MR) is 232 cm³/mol. The molecule has 0 aliphatic rings. The number of aromatic nitrogens is 1. The normalized spacial score (nSPS) is 13.3. The summed E-state index contributed by atoms with van der Waals surface area (Å²) < 4.78 is 348. The van der Waals surface area contributed by atoms with Gasteiger partial charge in [0.25, 0.3) is 0 Å². The molecule has 0 N–H and O–H groups in total. The molecule has 79 heavy (non-hydrogen) atoms. The van der Waals surface area contributed by atoms with Crippen molar-refractivity contribution in [2.75, 3.05) is 6.73 Å². The van der Waals surface area contributed by atoms with E-state index in [0.29, 0.717) is 12.4 Å². The number of benzene rings is 6. The summed E-state index contributed by atoms with van der Waals surface area (Å²) >= 11 is 0. The maximum atomic E-state index is 14.2. The number of nitro groups is 1. The van der Waals surface area contributed by atoms with Gasteiger partial charge in [-0.15, -0.1) is 0 Å². The van der Waals surface area contributed by atoms with Crippen LogP contribution in [0.5, 0.6) is 5.88 Å². The molecule has 0 saturated heterocycles. The summed E-state index contributed by atoms with van der Waals surface area (Å²) in [6, 6.07) is 12.7. The van der Waals surface area contributed by atoms with E-state index in [1.54, 1.807) is 6.07 Å². The van der Waals surface area contributed by atoms with E-state index in [4.69, 9.17) is 4.74 Å². The van der Waals surface area contributed by atoms with E-state index in [2.05, 4.69) is 0 Å². The summed E-state index contributed by atoms with van der Waals surface area (Å²) in [7, 11) is 0. The standard InChI is InChI=1S/C32H12BF24.C17H15N2O3/c34-25(35,36)13-1-14(26(37,38)39)6-21(5-13)33(22-7-15(27(40,41)42)2-16(8-22)28(43,44)45,23-9-17(29(46,47)48)3-18(10-23)30(49,50)51)24-11-19(31(52,53)54)4-20(12-24)32(55,56)57;20-19(21)13-22-17-11-10-15-8-4-5-9-16(15)18(17)12-14-6-2-1-3-7-14/h1-12H;1-11H,12-13H2/q-1;+1. The molecule has 422 valence electrons. The Kier molecular flexibility index (Phi) is 16.2. The van der Waals surface area contributed by atoms with Crippen LogP contribution < -0.4 is 31.2 Å². The molecule has 0 spiro atoms. The Morgan fingerprint density at radius 2 is 0.658 bits per heavy atom. The van der Waals surface area contributed by atoms with Gasteiger partial charge in [-0.05, 0) is 36.4 Å². The number of alkyl halides is 24. The van der Waals surface area contributed by atoms with E-state index in [9.17, 15) is 115 Å². The number of hydrogen-bond donors (Lipinski definition) is 0. The van der Waals surface area contributed by atoms with E-state index in [1.165, 1.54) is 0 Å². The molecule has 30 heteroatoms. The molecule has 0 radical (unpaired) electrons. The zero-order valence-corrected chi connectivity index (χ0v) is 38.5. The monoisotopic (exact) mass is 1160 g/mol. The molecule has 0 aliphatic heterocycles. The van der Waals surface area contributed by atoms with Gasteiger partial charge in [-0.1, -0.05) is 91.0 Å². The zero-order valence-electron chi connectivity index (χ0n) is 38.5. The molecule has 5 nitrogen and oxygen atoms in total. The highest BCUT2D eigenvalue weighted by Gasteiger charge is 2.47. The second-order valence-electron chi connectivity index (χ2n) is 17.1. The molecule has 1 aromatic heterocycles. The number of hydrogen-bond acceptors (Lipinski definition) is 3. The van der Waals surface area contributed by atoms with Crippen molar-refractivity contribution in [3.05, 3.63) is 200 Å². The second-order valence-corrected chi connectivity index (χ2v) is 17.1. The molecule has 0 saturated carbocycles. The Bertz CT molecular complexity index is 2920. The fourth-order valence-electron chi connectivity index (χ4n) is 8.49. The summed E-state index contributed by atoms with van der Waals surface area (Å²) in [5, 5.41) is 11.6. The van der Waals surface area contributed by atoms with Crippen molar-refractivity contribution in [2.45, 2.75) is 56.0 Å². The van der Waals surface area contributed by atoms with Gasteiger partial charge in [0.15, 0.2) is 6.54 Å². The molecule has 7 aromatic rings. The Morgan fingerprint density at radius 1 is 0.380 bits per heavy atom. The minimum absolute atomic E-state index is 0.484. The van der Waals surface area contributed by atoms with E-state index >= 15 is 0 Å². The molecule has 0 unspecified atom stereocenters. The van der Waals surface area contributed by atoms with Crippen molar-refractivity contribution in [3.8, 4) is 5.88 Å². The average molecular weight is 1160 g/mol. The van der Waals surface area contributed by atoms with Gasteiger partial charge in [-0.25, -0.2) is 0 Å². The van der Waals surface area contributed by atoms with E-state index in [1.807, 2.05) is 65.2 Å². The Morgan fingerprint density at radius 3 is 0.937 bits per heavy atom. The largest absolute Gasteiger partial charge is 0.416 e. The lowest BCUT2D eigenvalue weighted by atomic mass is 9.12. The maximum absolute atomic E-state index is 14.2. The lowest BCUT2D eigenvalue weighted by Gasteiger charge is -2.46. The molecular formula is C49H27BF24N2O3. The van der Waals surface area contributed by atoms with Crippen LogP contribution in [-0.2, 0) is 56.0 Å². The highest BCUT2D eigenvalue weighted by molar-refractivity contribution is 7.20. The fraction of sp³-hybridized carbons (Fsp3) is 0.204. The smallest absolute Gasteiger partial charge is 0.378 e. The van der Waals surface area contributed by atoms with Crippen LogP contribution in [-0.4, -0.2) is 17.8 Å². The summed E-state index contributed by atoms with van der Waals surface area (Å²) in [5.74, 6) is 0.485. The molecule has 0 amide bonds. The number of ether oxygens (including phenoxy) is 1. The first-order chi connectivity index (χ1) is 36.0. The minimum Gasteiger partial charge on any atom is -0.378 e. The number of pyridine rings is 1. The van der Waals surface area contributed by atoms with Crippen molar-refractivity contribution in [2.24, 2.45) is 0 Å². The Hall–Kier alpha value is -7.69. The summed E-state index contributed by atoms with van der Waals surface area (Å²) in [4.78, 5) is 10.1. The van der Waals surface area contributed by atoms with Crippen LogP contribution in [0, 0.1) is 10.1 Å². The SMILES string of the molecule is FC(F)(F)c1cc([B-](c2cc(C(F)(F)F)cc(C(F)(F)F)c2)(c2cc(C(F)(F)F)cc(C(F)(F)F)c2)c2cc(C(F)(F)F)cc(C(F)(F)F)c2)cc(C(F)(F)F)c1.O=[N+]([O-])COc1ccc2ccccc2[n+]1Cc1ccccc1. The van der Waals surface area contributed by atoms with Crippen LogP contribution in [0.1, 0.15) is 50.1 Å². The van der Waals surface area contributed by atoms with Gasteiger partial charge in [0.1, 0.15) is 6.15 Å². The molecule has 7 rings (SSSR count). The number of fused-ring (bicyclic) bond motifs is 1. The van der Waals surface area contributed by atoms with Gasteiger partial charge in [0.2, 0.25) is 5.52 Å². The minimum atomic E-state index is -6.13. The average Bonchev–Trinajstić information content (AvgIpc) is 3.53. The first-order valence-electron chi connectivity index (χ1n) is 21.6. The van der Waals surface area contributed by atoms with Crippen molar-refractivity contribution in [1.82, 2.24) is 0 Å². The van der Waals surface area contributed by atoms with E-state index in [0.717, 1.165) is 16.5 Å². The maximum Gasteiger partial charge on any atom is 0.416 e. The fourth-order valence-corrected chi connectivity index (χ4v) is 8.49. The molecule has 1 heterocycles. The van der Waals surface area contributed by atoms with Crippen LogP contribution in [0.25, 0.3) is 10.9 Å². The van der Waals surface area contributed by atoms with Crippen LogP contribution in [0.15, 0.2) is 140 Å². The third kappa shape index (κ3) is 14.0. The van der Waals surface area contributed by atoms with Crippen molar-refractivity contribution in [3.63, 3.8) is 0 Å². The molecule has 0 atom stereocenters. The van der Waals surface area contributed by atoms with Gasteiger partial charge >= 0.3 is 62.0 Å². The third-order valence-electron chi connectivity index (χ3n) is 11.8. The Balaban J connectivity index is 0.000000378. The summed E-state index contributed by atoms with van der Waals surface area (Å²) in [6.07, 6.45) is -54.8. The van der Waals surface area contributed by atoms with Gasteiger partial charge < -0.3 is 4.74 Å². The van der Waals surface area contributed by atoms with Crippen LogP contribution in [0.4, 0.5) is 105 Å². The van der Waals surface area contributed by atoms with Gasteiger partial charge in [0.05, 0.1) is 55.5 Å². The van der Waals surface area contributed by atoms with Gasteiger partial charge in [-0.3, -0.25) is 10.1 Å². The quantitative estimate of drug-likeness (QED) is 0.0361. The number of rotatable bonds is 9.